The Hall–Kier alpha value is -1.44. The maximum atomic E-state index is 12.8. The van der Waals surface area contributed by atoms with E-state index in [9.17, 15) is 13.2 Å². The Morgan fingerprint density at radius 1 is 1.08 bits per heavy atom. The van der Waals surface area contributed by atoms with Crippen molar-refractivity contribution in [1.29, 1.82) is 0 Å². The molecule has 7 heteroatoms. The Morgan fingerprint density at radius 3 is 2.60 bits per heavy atom. The summed E-state index contributed by atoms with van der Waals surface area (Å²) in [7, 11) is -3.42. The molecule has 0 spiro atoms. The van der Waals surface area contributed by atoms with E-state index < -0.39 is 10.0 Å². The molecule has 0 aliphatic carbocycles. The van der Waals surface area contributed by atoms with Gasteiger partial charge in [-0.1, -0.05) is 6.07 Å². The fourth-order valence-electron chi connectivity index (χ4n) is 3.94. The average molecular weight is 364 g/mol. The van der Waals surface area contributed by atoms with E-state index >= 15 is 0 Å². The number of benzene rings is 1. The second-order valence-electron chi connectivity index (χ2n) is 7.05. The SMILES string of the molecule is O=C(C1CCCO1)N1CCc2ccc(S(=O)(=O)N3CCCC3)cc2C1. The van der Waals surface area contributed by atoms with Gasteiger partial charge >= 0.3 is 0 Å². The lowest BCUT2D eigenvalue weighted by Gasteiger charge is -2.31. The minimum absolute atomic E-state index is 0.0379. The van der Waals surface area contributed by atoms with Gasteiger partial charge in [-0.25, -0.2) is 8.42 Å². The van der Waals surface area contributed by atoms with E-state index in [0.717, 1.165) is 43.2 Å². The van der Waals surface area contributed by atoms with E-state index in [1.165, 1.54) is 0 Å². The molecule has 136 valence electrons. The molecule has 1 amide bonds. The predicted molar refractivity (Wildman–Crippen MR) is 92.5 cm³/mol. The minimum Gasteiger partial charge on any atom is -0.368 e. The molecule has 3 aliphatic rings. The molecule has 0 radical (unpaired) electrons. The monoisotopic (exact) mass is 364 g/mol. The topological polar surface area (TPSA) is 66.9 Å². The molecule has 4 rings (SSSR count). The molecule has 0 aromatic heterocycles. The Morgan fingerprint density at radius 2 is 1.88 bits per heavy atom. The lowest BCUT2D eigenvalue weighted by molar-refractivity contribution is -0.141. The van der Waals surface area contributed by atoms with Gasteiger partial charge in [-0.15, -0.1) is 0 Å². The number of carbonyl (C=O) groups excluding carboxylic acids is 1. The molecule has 25 heavy (non-hydrogen) atoms. The number of hydrogen-bond donors (Lipinski definition) is 0. The van der Waals surface area contributed by atoms with Gasteiger partial charge in [0, 0.05) is 32.8 Å². The molecule has 6 nitrogen and oxygen atoms in total. The van der Waals surface area contributed by atoms with Crippen LogP contribution in [0.3, 0.4) is 0 Å². The van der Waals surface area contributed by atoms with Gasteiger partial charge in [-0.2, -0.15) is 4.31 Å². The van der Waals surface area contributed by atoms with Crippen LogP contribution in [0.2, 0.25) is 0 Å². The third kappa shape index (κ3) is 3.20. The lowest BCUT2D eigenvalue weighted by Crippen LogP contribution is -2.42. The van der Waals surface area contributed by atoms with Crippen molar-refractivity contribution in [3.63, 3.8) is 0 Å². The second kappa shape index (κ2) is 6.70. The van der Waals surface area contributed by atoms with Crippen molar-refractivity contribution < 1.29 is 17.9 Å². The molecule has 3 heterocycles. The van der Waals surface area contributed by atoms with Crippen LogP contribution in [0.4, 0.5) is 0 Å². The van der Waals surface area contributed by atoms with Crippen LogP contribution in [-0.4, -0.2) is 55.9 Å². The lowest BCUT2D eigenvalue weighted by atomic mass is 9.99. The summed E-state index contributed by atoms with van der Waals surface area (Å²) in [6.45, 7) is 2.99. The maximum Gasteiger partial charge on any atom is 0.252 e. The number of nitrogens with zero attached hydrogens (tertiary/aromatic N) is 2. The van der Waals surface area contributed by atoms with Crippen LogP contribution >= 0.6 is 0 Å². The summed E-state index contributed by atoms with van der Waals surface area (Å²) in [5.74, 6) is 0.0379. The number of hydrogen-bond acceptors (Lipinski definition) is 4. The zero-order valence-electron chi connectivity index (χ0n) is 14.3. The molecule has 0 bridgehead atoms. The van der Waals surface area contributed by atoms with Crippen molar-refractivity contribution in [2.24, 2.45) is 0 Å². The van der Waals surface area contributed by atoms with E-state index in [2.05, 4.69) is 0 Å². The smallest absolute Gasteiger partial charge is 0.252 e. The number of carbonyl (C=O) groups is 1. The molecule has 1 aromatic rings. The average Bonchev–Trinajstić information content (AvgIpc) is 3.33. The first kappa shape index (κ1) is 17.0. The Bertz CT molecular complexity index is 765. The third-order valence-electron chi connectivity index (χ3n) is 5.41. The Labute approximate surface area is 148 Å². The number of amides is 1. The summed E-state index contributed by atoms with van der Waals surface area (Å²) in [4.78, 5) is 14.7. The van der Waals surface area contributed by atoms with Crippen LogP contribution in [0.15, 0.2) is 23.1 Å². The molecular weight excluding hydrogens is 340 g/mol. The first-order chi connectivity index (χ1) is 12.1. The van der Waals surface area contributed by atoms with Crippen LogP contribution in [0.5, 0.6) is 0 Å². The third-order valence-corrected chi connectivity index (χ3v) is 7.30. The highest BCUT2D eigenvalue weighted by Crippen LogP contribution is 2.27. The van der Waals surface area contributed by atoms with Gasteiger partial charge < -0.3 is 9.64 Å². The van der Waals surface area contributed by atoms with E-state index in [0.29, 0.717) is 37.7 Å². The van der Waals surface area contributed by atoms with Gasteiger partial charge in [0.05, 0.1) is 4.90 Å². The molecular formula is C18H24N2O4S. The summed E-state index contributed by atoms with van der Waals surface area (Å²) in [5.41, 5.74) is 2.08. The van der Waals surface area contributed by atoms with E-state index in [1.54, 1.807) is 16.4 Å². The van der Waals surface area contributed by atoms with Crippen molar-refractivity contribution >= 4 is 15.9 Å². The highest BCUT2D eigenvalue weighted by Gasteiger charge is 2.32. The van der Waals surface area contributed by atoms with Crippen LogP contribution in [0.1, 0.15) is 36.8 Å². The highest BCUT2D eigenvalue weighted by molar-refractivity contribution is 7.89. The number of ether oxygens (including phenoxy) is 1. The van der Waals surface area contributed by atoms with Gasteiger partial charge in [0.25, 0.3) is 5.91 Å². The van der Waals surface area contributed by atoms with Crippen molar-refractivity contribution in [3.8, 4) is 0 Å². The van der Waals surface area contributed by atoms with Crippen LogP contribution in [0.25, 0.3) is 0 Å². The van der Waals surface area contributed by atoms with Gasteiger partial charge in [0.1, 0.15) is 6.10 Å². The molecule has 0 N–H and O–H groups in total. The Kier molecular flexibility index (Phi) is 4.56. The standard InChI is InChI=1S/C18H24N2O4S/c21-18(17-4-3-11-24-17)19-10-7-14-5-6-16(12-15(14)13-19)25(22,23)20-8-1-2-9-20/h5-6,12,17H,1-4,7-11,13H2. The number of fused-ring (bicyclic) bond motifs is 1. The molecule has 1 atom stereocenters. The van der Waals surface area contributed by atoms with Gasteiger partial charge in [-0.05, 0) is 55.4 Å². The molecule has 1 aromatic carbocycles. The molecule has 2 fully saturated rings. The summed E-state index contributed by atoms with van der Waals surface area (Å²) in [6, 6.07) is 5.38. The predicted octanol–water partition coefficient (Wildman–Crippen LogP) is 1.53. The summed E-state index contributed by atoms with van der Waals surface area (Å²) < 4.78 is 32.6. The normalized spacial score (nSPS) is 24.5. The molecule has 3 aliphatic heterocycles. The largest absolute Gasteiger partial charge is 0.368 e. The summed E-state index contributed by atoms with van der Waals surface area (Å²) >= 11 is 0. The fourth-order valence-corrected chi connectivity index (χ4v) is 5.50. The second-order valence-corrected chi connectivity index (χ2v) is 8.99. The van der Waals surface area contributed by atoms with Gasteiger partial charge in [0.15, 0.2) is 0 Å². The van der Waals surface area contributed by atoms with E-state index in [4.69, 9.17) is 4.74 Å². The summed E-state index contributed by atoms with van der Waals surface area (Å²) in [6.07, 6.45) is 4.00. The first-order valence-electron chi connectivity index (χ1n) is 9.08. The minimum atomic E-state index is -3.42. The van der Waals surface area contributed by atoms with Crippen molar-refractivity contribution in [1.82, 2.24) is 9.21 Å². The Balaban J connectivity index is 1.56. The van der Waals surface area contributed by atoms with Crippen molar-refractivity contribution in [3.05, 3.63) is 29.3 Å². The fraction of sp³-hybridized carbons (Fsp3) is 0.611. The zero-order chi connectivity index (χ0) is 17.4. The van der Waals surface area contributed by atoms with E-state index in [-0.39, 0.29) is 12.0 Å². The van der Waals surface area contributed by atoms with Crippen LogP contribution in [-0.2, 0) is 32.5 Å². The zero-order valence-corrected chi connectivity index (χ0v) is 15.1. The molecule has 1 unspecified atom stereocenters. The number of sulfonamides is 1. The quantitative estimate of drug-likeness (QED) is 0.816. The van der Waals surface area contributed by atoms with Crippen molar-refractivity contribution in [2.45, 2.75) is 49.6 Å². The van der Waals surface area contributed by atoms with Crippen LogP contribution in [0, 0.1) is 0 Å². The molecule has 2 saturated heterocycles. The van der Waals surface area contributed by atoms with Crippen LogP contribution < -0.4 is 0 Å². The van der Waals surface area contributed by atoms with Gasteiger partial charge in [0.2, 0.25) is 10.0 Å². The maximum absolute atomic E-state index is 12.8. The summed E-state index contributed by atoms with van der Waals surface area (Å²) in [5, 5.41) is 0. The molecule has 0 saturated carbocycles. The van der Waals surface area contributed by atoms with Gasteiger partial charge in [-0.3, -0.25) is 4.79 Å². The van der Waals surface area contributed by atoms with Crippen molar-refractivity contribution in [2.75, 3.05) is 26.2 Å². The number of rotatable bonds is 3. The van der Waals surface area contributed by atoms with E-state index in [1.807, 2.05) is 11.0 Å². The first-order valence-corrected chi connectivity index (χ1v) is 10.5. The highest BCUT2D eigenvalue weighted by atomic mass is 32.2.